The van der Waals surface area contributed by atoms with E-state index >= 15 is 0 Å². The molecule has 1 saturated heterocycles. The Kier molecular flexibility index (Phi) is 5.12. The molecule has 2 amide bonds. The van der Waals surface area contributed by atoms with Crippen molar-refractivity contribution in [2.45, 2.75) is 6.92 Å². The van der Waals surface area contributed by atoms with Crippen molar-refractivity contribution in [3.8, 4) is 5.75 Å². The maximum atomic E-state index is 13.2. The summed E-state index contributed by atoms with van der Waals surface area (Å²) in [7, 11) is 1.57. The Hall–Kier alpha value is -4.07. The fraction of sp³-hybridized carbons (Fsp3) is 0.240. The van der Waals surface area contributed by atoms with Gasteiger partial charge in [0, 0.05) is 49.1 Å². The number of aryl methyl sites for hydroxylation is 1. The number of hydrogen-bond acceptors (Lipinski definition) is 5. The van der Waals surface area contributed by atoms with Crippen LogP contribution >= 0.6 is 0 Å². The Morgan fingerprint density at radius 2 is 1.55 bits per heavy atom. The molecule has 1 fully saturated rings. The fourth-order valence-electron chi connectivity index (χ4n) is 4.31. The maximum Gasteiger partial charge on any atom is 0.346 e. The number of amides is 2. The van der Waals surface area contributed by atoms with E-state index in [0.717, 1.165) is 5.69 Å². The summed E-state index contributed by atoms with van der Waals surface area (Å²) in [4.78, 5) is 41.9. The zero-order valence-corrected chi connectivity index (χ0v) is 18.4. The molecular weight excluding hydrogens is 422 g/mol. The van der Waals surface area contributed by atoms with Gasteiger partial charge in [0.1, 0.15) is 5.75 Å². The predicted octanol–water partition coefficient (Wildman–Crippen LogP) is 2.96. The second kappa shape index (κ2) is 8.12. The van der Waals surface area contributed by atoms with E-state index in [9.17, 15) is 14.4 Å². The summed E-state index contributed by atoms with van der Waals surface area (Å²) in [5, 5.41) is 0.423. The summed E-state index contributed by atoms with van der Waals surface area (Å²) in [6, 6.07) is 15.7. The molecule has 0 spiro atoms. The van der Waals surface area contributed by atoms with Crippen LogP contribution in [0.4, 0.5) is 0 Å². The molecule has 0 bridgehead atoms. The van der Waals surface area contributed by atoms with Gasteiger partial charge in [0.2, 0.25) is 5.71 Å². The summed E-state index contributed by atoms with van der Waals surface area (Å²) in [5.41, 5.74) is 2.62. The number of piperazine rings is 1. The molecule has 0 N–H and O–H groups in total. The molecule has 3 heterocycles. The highest BCUT2D eigenvalue weighted by molar-refractivity contribution is 5.98. The SMILES string of the molecule is COc1cccc(C(=O)N2CCN(C(=O)c3ccc4c(=O)oc5ccc(C)n5c4c3)CC2)c1. The molecule has 8 heteroatoms. The first-order chi connectivity index (χ1) is 16.0. The van der Waals surface area contributed by atoms with Crippen LogP contribution in [-0.4, -0.2) is 59.3 Å². The van der Waals surface area contributed by atoms with Gasteiger partial charge in [-0.2, -0.15) is 0 Å². The van der Waals surface area contributed by atoms with Crippen LogP contribution in [0.15, 0.2) is 63.8 Å². The molecule has 0 saturated carbocycles. The van der Waals surface area contributed by atoms with E-state index in [2.05, 4.69) is 0 Å². The lowest BCUT2D eigenvalue weighted by molar-refractivity contribution is 0.0535. The van der Waals surface area contributed by atoms with Gasteiger partial charge in [-0.1, -0.05) is 6.07 Å². The van der Waals surface area contributed by atoms with Gasteiger partial charge in [0.05, 0.1) is 18.0 Å². The molecule has 0 radical (unpaired) electrons. The van der Waals surface area contributed by atoms with Crippen molar-refractivity contribution in [3.05, 3.63) is 81.8 Å². The van der Waals surface area contributed by atoms with Gasteiger partial charge in [-0.3, -0.25) is 14.0 Å². The lowest BCUT2D eigenvalue weighted by Gasteiger charge is -2.35. The van der Waals surface area contributed by atoms with Crippen molar-refractivity contribution in [3.63, 3.8) is 0 Å². The molecule has 168 valence electrons. The number of carbonyl (C=O) groups is 2. The second-order valence-electron chi connectivity index (χ2n) is 8.09. The molecule has 5 rings (SSSR count). The summed E-state index contributed by atoms with van der Waals surface area (Å²) in [6.07, 6.45) is 0. The van der Waals surface area contributed by atoms with Crippen molar-refractivity contribution >= 4 is 28.4 Å². The summed E-state index contributed by atoms with van der Waals surface area (Å²) in [5.74, 6) is 0.424. The number of methoxy groups -OCH3 is 1. The van der Waals surface area contributed by atoms with E-state index in [-0.39, 0.29) is 11.8 Å². The summed E-state index contributed by atoms with van der Waals surface area (Å²) >= 11 is 0. The normalized spacial score (nSPS) is 14.1. The van der Waals surface area contributed by atoms with Crippen LogP contribution in [0.1, 0.15) is 26.4 Å². The minimum absolute atomic E-state index is 0.0797. The monoisotopic (exact) mass is 445 g/mol. The van der Waals surface area contributed by atoms with Crippen LogP contribution in [0.25, 0.3) is 16.6 Å². The van der Waals surface area contributed by atoms with Crippen LogP contribution in [0.2, 0.25) is 0 Å². The van der Waals surface area contributed by atoms with Gasteiger partial charge < -0.3 is 19.0 Å². The van der Waals surface area contributed by atoms with Crippen LogP contribution in [-0.2, 0) is 0 Å². The van der Waals surface area contributed by atoms with Gasteiger partial charge >= 0.3 is 5.63 Å². The number of rotatable bonds is 3. The smallest absolute Gasteiger partial charge is 0.346 e. The zero-order chi connectivity index (χ0) is 23.1. The van der Waals surface area contributed by atoms with Crippen molar-refractivity contribution in [2.24, 2.45) is 0 Å². The third-order valence-electron chi connectivity index (χ3n) is 6.11. The molecule has 0 unspecified atom stereocenters. The molecule has 2 aromatic carbocycles. The van der Waals surface area contributed by atoms with Gasteiger partial charge in [-0.05, 0) is 49.4 Å². The average molecular weight is 445 g/mol. The third kappa shape index (κ3) is 3.63. The quantitative estimate of drug-likeness (QED) is 0.484. The number of aromatic nitrogens is 1. The van der Waals surface area contributed by atoms with Gasteiger partial charge in [0.25, 0.3) is 11.8 Å². The minimum Gasteiger partial charge on any atom is -0.497 e. The summed E-state index contributed by atoms with van der Waals surface area (Å²) < 4.78 is 12.4. The molecule has 4 aromatic rings. The molecule has 0 aliphatic carbocycles. The first-order valence-corrected chi connectivity index (χ1v) is 10.7. The predicted molar refractivity (Wildman–Crippen MR) is 123 cm³/mol. The molecule has 33 heavy (non-hydrogen) atoms. The molecule has 1 aliphatic heterocycles. The largest absolute Gasteiger partial charge is 0.497 e. The Labute approximate surface area is 189 Å². The van der Waals surface area contributed by atoms with Gasteiger partial charge in [-0.15, -0.1) is 0 Å². The van der Waals surface area contributed by atoms with Crippen LogP contribution in [0.5, 0.6) is 5.75 Å². The van der Waals surface area contributed by atoms with E-state index in [1.165, 1.54) is 0 Å². The third-order valence-corrected chi connectivity index (χ3v) is 6.11. The van der Waals surface area contributed by atoms with Crippen molar-refractivity contribution < 1.29 is 18.7 Å². The average Bonchev–Trinajstić information content (AvgIpc) is 3.23. The number of benzene rings is 2. The number of fused-ring (bicyclic) bond motifs is 3. The maximum absolute atomic E-state index is 13.2. The number of ether oxygens (including phenoxy) is 1. The highest BCUT2D eigenvalue weighted by atomic mass is 16.5. The molecule has 0 atom stereocenters. The Bertz CT molecular complexity index is 1440. The minimum atomic E-state index is -0.431. The lowest BCUT2D eigenvalue weighted by Crippen LogP contribution is -2.50. The highest BCUT2D eigenvalue weighted by Crippen LogP contribution is 2.21. The lowest BCUT2D eigenvalue weighted by atomic mass is 10.1. The van der Waals surface area contributed by atoms with Crippen molar-refractivity contribution in [1.29, 1.82) is 0 Å². The summed E-state index contributed by atoms with van der Waals surface area (Å²) in [6.45, 7) is 3.67. The molecule has 8 nitrogen and oxygen atoms in total. The van der Waals surface area contributed by atoms with Gasteiger partial charge in [0.15, 0.2) is 0 Å². The molecular formula is C25H23N3O5. The van der Waals surface area contributed by atoms with Crippen molar-refractivity contribution in [1.82, 2.24) is 14.2 Å². The number of nitrogens with zero attached hydrogens (tertiary/aromatic N) is 3. The number of hydrogen-bond donors (Lipinski definition) is 0. The van der Waals surface area contributed by atoms with Crippen molar-refractivity contribution in [2.75, 3.05) is 33.3 Å². The van der Waals surface area contributed by atoms with Crippen LogP contribution in [0.3, 0.4) is 0 Å². The van der Waals surface area contributed by atoms with E-state index in [4.69, 9.17) is 9.15 Å². The van der Waals surface area contributed by atoms with E-state index in [0.29, 0.717) is 59.7 Å². The molecule has 1 aliphatic rings. The van der Waals surface area contributed by atoms with Crippen LogP contribution < -0.4 is 10.4 Å². The van der Waals surface area contributed by atoms with Gasteiger partial charge in [-0.25, -0.2) is 4.79 Å². The van der Waals surface area contributed by atoms with E-state index in [1.807, 2.05) is 17.4 Å². The Morgan fingerprint density at radius 3 is 2.21 bits per heavy atom. The first kappa shape index (κ1) is 20.8. The standard InChI is InChI=1S/C25H23N3O5/c1-16-6-9-22-28(16)21-15-18(7-8-20(21)25(31)33-22)24(30)27-12-10-26(11-13-27)23(29)17-4-3-5-19(14-17)32-2/h3-9,14-15H,10-13H2,1-2H3. The molecule has 2 aromatic heterocycles. The number of carbonyl (C=O) groups excluding carboxylic acids is 2. The Balaban J connectivity index is 1.35. The van der Waals surface area contributed by atoms with E-state index in [1.54, 1.807) is 65.4 Å². The van der Waals surface area contributed by atoms with Crippen LogP contribution in [0, 0.1) is 6.92 Å². The zero-order valence-electron chi connectivity index (χ0n) is 18.4. The van der Waals surface area contributed by atoms with E-state index < -0.39 is 5.63 Å². The Morgan fingerprint density at radius 1 is 0.879 bits per heavy atom. The highest BCUT2D eigenvalue weighted by Gasteiger charge is 2.26. The topological polar surface area (TPSA) is 84.5 Å². The first-order valence-electron chi connectivity index (χ1n) is 10.7. The second-order valence-corrected chi connectivity index (χ2v) is 8.09. The fourth-order valence-corrected chi connectivity index (χ4v) is 4.31.